The van der Waals surface area contributed by atoms with Gasteiger partial charge in [-0.2, -0.15) is 0 Å². The Hall–Kier alpha value is -4.54. The highest BCUT2D eigenvalue weighted by Crippen LogP contribution is 2.25. The van der Waals surface area contributed by atoms with E-state index in [1.807, 2.05) is 0 Å². The first-order valence-electron chi connectivity index (χ1n) is 9.78. The Morgan fingerprint density at radius 2 is 1.91 bits per heavy atom. The summed E-state index contributed by atoms with van der Waals surface area (Å²) in [6, 6.07) is 12.1. The number of nitrogens with one attached hydrogen (secondary N) is 1. The normalized spacial score (nSPS) is 11.7. The number of hydrogen-bond acceptors (Lipinski definition) is 8. The van der Waals surface area contributed by atoms with Gasteiger partial charge in [-0.05, 0) is 47.6 Å². The van der Waals surface area contributed by atoms with Gasteiger partial charge in [0.15, 0.2) is 6.10 Å². The van der Waals surface area contributed by atoms with Crippen LogP contribution in [-0.2, 0) is 11.3 Å². The zero-order valence-electron chi connectivity index (χ0n) is 17.3. The maximum absolute atomic E-state index is 14.4. The lowest BCUT2D eigenvalue weighted by atomic mass is 10.2. The molecule has 11 heteroatoms. The maximum atomic E-state index is 14.4. The summed E-state index contributed by atoms with van der Waals surface area (Å²) >= 11 is 0. The Kier molecular flexibility index (Phi) is 6.11. The third-order valence-corrected chi connectivity index (χ3v) is 4.63. The SMILES string of the molecule is CC(Oc1ccc(CNC(=O)c2cccnc2Oc2ccc3nonc3c2)c(F)c1)C(N)=O. The second-order valence-corrected chi connectivity index (χ2v) is 6.97. The molecule has 168 valence electrons. The minimum atomic E-state index is -0.903. The van der Waals surface area contributed by atoms with E-state index in [0.717, 1.165) is 6.07 Å². The number of hydrogen-bond donors (Lipinski definition) is 2. The number of pyridine rings is 1. The van der Waals surface area contributed by atoms with Crippen molar-refractivity contribution in [1.82, 2.24) is 20.6 Å². The van der Waals surface area contributed by atoms with Gasteiger partial charge in [-0.3, -0.25) is 9.59 Å². The molecule has 2 aromatic carbocycles. The van der Waals surface area contributed by atoms with Crippen LogP contribution < -0.4 is 20.5 Å². The number of nitrogens with two attached hydrogens (primary N) is 1. The van der Waals surface area contributed by atoms with Crippen molar-refractivity contribution in [2.75, 3.05) is 0 Å². The summed E-state index contributed by atoms with van der Waals surface area (Å²) in [5, 5.41) is 10.1. The number of carbonyl (C=O) groups is 2. The number of rotatable bonds is 8. The fraction of sp³-hybridized carbons (Fsp3) is 0.136. The molecule has 10 nitrogen and oxygen atoms in total. The largest absolute Gasteiger partial charge is 0.481 e. The van der Waals surface area contributed by atoms with Gasteiger partial charge >= 0.3 is 0 Å². The van der Waals surface area contributed by atoms with Crippen molar-refractivity contribution >= 4 is 22.8 Å². The number of aromatic nitrogens is 3. The van der Waals surface area contributed by atoms with Gasteiger partial charge in [-0.1, -0.05) is 6.07 Å². The average Bonchev–Trinajstić information content (AvgIpc) is 3.26. The van der Waals surface area contributed by atoms with Crippen molar-refractivity contribution < 1.29 is 28.1 Å². The van der Waals surface area contributed by atoms with Crippen molar-refractivity contribution in [3.05, 3.63) is 71.7 Å². The molecule has 1 atom stereocenters. The van der Waals surface area contributed by atoms with Crippen molar-refractivity contribution in [3.8, 4) is 17.4 Å². The molecule has 4 rings (SSSR count). The smallest absolute Gasteiger partial charge is 0.258 e. The number of nitrogens with zero attached hydrogens (tertiary/aromatic N) is 3. The molecule has 0 aliphatic carbocycles. The van der Waals surface area contributed by atoms with Gasteiger partial charge in [0.1, 0.15) is 33.9 Å². The van der Waals surface area contributed by atoms with E-state index in [-0.39, 0.29) is 29.3 Å². The van der Waals surface area contributed by atoms with Crippen molar-refractivity contribution in [1.29, 1.82) is 0 Å². The molecule has 33 heavy (non-hydrogen) atoms. The number of carbonyl (C=O) groups excluding carboxylic acids is 2. The van der Waals surface area contributed by atoms with E-state index in [0.29, 0.717) is 16.8 Å². The lowest BCUT2D eigenvalue weighted by molar-refractivity contribution is -0.123. The topological polar surface area (TPSA) is 142 Å². The molecule has 0 radical (unpaired) electrons. The number of primary amides is 1. The Morgan fingerprint density at radius 1 is 1.12 bits per heavy atom. The van der Waals surface area contributed by atoms with Gasteiger partial charge in [0, 0.05) is 30.4 Å². The summed E-state index contributed by atoms with van der Waals surface area (Å²) in [4.78, 5) is 27.9. The number of amides is 2. The molecule has 0 saturated heterocycles. The van der Waals surface area contributed by atoms with Crippen LogP contribution in [0.15, 0.2) is 59.4 Å². The Morgan fingerprint density at radius 3 is 2.70 bits per heavy atom. The molecule has 4 aromatic rings. The van der Waals surface area contributed by atoms with Gasteiger partial charge < -0.3 is 20.5 Å². The lowest BCUT2D eigenvalue weighted by Gasteiger charge is -2.13. The Labute approximate surface area is 186 Å². The monoisotopic (exact) mass is 451 g/mol. The van der Waals surface area contributed by atoms with Gasteiger partial charge in [0.05, 0.1) is 0 Å². The first-order valence-corrected chi connectivity index (χ1v) is 9.78. The fourth-order valence-electron chi connectivity index (χ4n) is 2.86. The van der Waals surface area contributed by atoms with Crippen LogP contribution in [0.3, 0.4) is 0 Å². The predicted octanol–water partition coefficient (Wildman–Crippen LogP) is 2.73. The third-order valence-electron chi connectivity index (χ3n) is 4.63. The Bertz CT molecular complexity index is 1330. The second-order valence-electron chi connectivity index (χ2n) is 6.97. The number of halogens is 1. The highest BCUT2D eigenvalue weighted by Gasteiger charge is 2.16. The molecule has 0 aliphatic heterocycles. The number of fused-ring (bicyclic) bond motifs is 1. The van der Waals surface area contributed by atoms with E-state index in [2.05, 4.69) is 25.2 Å². The van der Waals surface area contributed by atoms with Crippen molar-refractivity contribution in [2.45, 2.75) is 19.6 Å². The third kappa shape index (κ3) is 5.03. The highest BCUT2D eigenvalue weighted by atomic mass is 19.1. The van der Waals surface area contributed by atoms with Gasteiger partial charge in [0.2, 0.25) is 5.88 Å². The molecule has 0 bridgehead atoms. The van der Waals surface area contributed by atoms with Gasteiger partial charge in [-0.15, -0.1) is 0 Å². The summed E-state index contributed by atoms with van der Waals surface area (Å²) in [6.45, 7) is 1.36. The molecule has 0 spiro atoms. The predicted molar refractivity (Wildman–Crippen MR) is 113 cm³/mol. The van der Waals surface area contributed by atoms with E-state index in [9.17, 15) is 14.0 Å². The van der Waals surface area contributed by atoms with Crippen molar-refractivity contribution in [3.63, 3.8) is 0 Å². The van der Waals surface area contributed by atoms with Crippen LogP contribution in [0.25, 0.3) is 11.0 Å². The van der Waals surface area contributed by atoms with E-state index in [1.165, 1.54) is 31.3 Å². The van der Waals surface area contributed by atoms with Crippen LogP contribution in [-0.4, -0.2) is 33.2 Å². The van der Waals surface area contributed by atoms with E-state index >= 15 is 0 Å². The summed E-state index contributed by atoms with van der Waals surface area (Å²) in [7, 11) is 0. The van der Waals surface area contributed by atoms with Crippen LogP contribution in [0.2, 0.25) is 0 Å². The molecule has 2 amide bonds. The molecule has 3 N–H and O–H groups in total. The molecular formula is C22H18FN5O5. The number of ether oxygens (including phenoxy) is 2. The summed E-state index contributed by atoms with van der Waals surface area (Å²) < 4.78 is 30.1. The molecular weight excluding hydrogens is 433 g/mol. The molecule has 1 unspecified atom stereocenters. The molecule has 0 saturated carbocycles. The molecule has 0 aliphatic rings. The van der Waals surface area contributed by atoms with E-state index < -0.39 is 23.7 Å². The zero-order valence-corrected chi connectivity index (χ0v) is 17.3. The van der Waals surface area contributed by atoms with Crippen LogP contribution >= 0.6 is 0 Å². The average molecular weight is 451 g/mol. The summed E-state index contributed by atoms with van der Waals surface area (Å²) in [5.74, 6) is -1.19. The van der Waals surface area contributed by atoms with Gasteiger partial charge in [-0.25, -0.2) is 14.0 Å². The first kappa shape index (κ1) is 21.7. The molecule has 2 aromatic heterocycles. The van der Waals surface area contributed by atoms with Crippen LogP contribution in [0, 0.1) is 5.82 Å². The Balaban J connectivity index is 1.44. The summed E-state index contributed by atoms with van der Waals surface area (Å²) in [6.07, 6.45) is 0.577. The first-order chi connectivity index (χ1) is 15.9. The van der Waals surface area contributed by atoms with Crippen LogP contribution in [0.5, 0.6) is 17.4 Å². The lowest BCUT2D eigenvalue weighted by Crippen LogP contribution is -2.30. The van der Waals surface area contributed by atoms with Crippen molar-refractivity contribution in [2.24, 2.45) is 5.73 Å². The number of benzene rings is 2. The minimum absolute atomic E-state index is 0.0652. The van der Waals surface area contributed by atoms with Gasteiger partial charge in [0.25, 0.3) is 11.8 Å². The van der Waals surface area contributed by atoms with E-state index in [1.54, 1.807) is 24.3 Å². The maximum Gasteiger partial charge on any atom is 0.258 e. The molecule has 2 heterocycles. The standard InChI is InChI=1S/C22H18FN5O5/c1-12(20(24)29)31-14-5-4-13(17(23)9-14)11-26-21(30)16-3-2-8-25-22(16)32-15-6-7-18-19(10-15)28-33-27-18/h2-10,12H,11H2,1H3,(H2,24,29)(H,26,30). The quantitative estimate of drug-likeness (QED) is 0.416. The second kappa shape index (κ2) is 9.30. The summed E-state index contributed by atoms with van der Waals surface area (Å²) in [5.41, 5.74) is 6.56. The van der Waals surface area contributed by atoms with Crippen LogP contribution in [0.1, 0.15) is 22.8 Å². The zero-order chi connectivity index (χ0) is 23.4. The minimum Gasteiger partial charge on any atom is -0.481 e. The van der Waals surface area contributed by atoms with E-state index in [4.69, 9.17) is 15.2 Å². The highest BCUT2D eigenvalue weighted by molar-refractivity contribution is 5.96. The van der Waals surface area contributed by atoms with Crippen LogP contribution in [0.4, 0.5) is 4.39 Å². The molecule has 0 fully saturated rings. The fourth-order valence-corrected chi connectivity index (χ4v) is 2.86.